The van der Waals surface area contributed by atoms with Gasteiger partial charge in [0.05, 0.1) is 67.5 Å². The smallest absolute Gasteiger partial charge is 0.295 e. The van der Waals surface area contributed by atoms with Gasteiger partial charge in [0.25, 0.3) is 11.8 Å². The molecule has 2 heterocycles. The average Bonchev–Trinajstić information content (AvgIpc) is 3.92. The van der Waals surface area contributed by atoms with E-state index in [2.05, 4.69) is 35.5 Å². The van der Waals surface area contributed by atoms with E-state index in [1.54, 1.807) is 14.2 Å². The second-order valence-electron chi connectivity index (χ2n) is 12.2. The number of carbonyl (C=O) groups excluding carboxylic acids is 2. The Kier molecular flexibility index (Phi) is 23.4. The fourth-order valence-corrected chi connectivity index (χ4v) is 5.54. The van der Waals surface area contributed by atoms with Crippen molar-refractivity contribution >= 4 is 58.0 Å². The predicted molar refractivity (Wildman–Crippen MR) is 233 cm³/mol. The third-order valence-electron chi connectivity index (χ3n) is 7.68. The number of alkyl halides is 1. The fourth-order valence-electron chi connectivity index (χ4n) is 4.90. The highest BCUT2D eigenvalue weighted by Gasteiger charge is 2.18. The molecule has 14 nitrogen and oxygen atoms in total. The first kappa shape index (κ1) is 51.8. The van der Waals surface area contributed by atoms with Crippen LogP contribution in [0.15, 0.2) is 97.6 Å². The highest BCUT2D eigenvalue weighted by molar-refractivity contribution is 6.31. The lowest BCUT2D eigenvalue weighted by atomic mass is 10.2. The number of anilines is 2. The maximum atomic E-state index is 14.3. The first-order valence-electron chi connectivity index (χ1n) is 17.7. The van der Waals surface area contributed by atoms with Crippen LogP contribution in [0.1, 0.15) is 58.3 Å². The molecular formula is C42H49Cl3F2N8O6. The Morgan fingerprint density at radius 3 is 1.52 bits per heavy atom. The molecule has 328 valence electrons. The Morgan fingerprint density at radius 2 is 1.11 bits per heavy atom. The number of benzene rings is 4. The van der Waals surface area contributed by atoms with Gasteiger partial charge in [-0.3, -0.25) is 9.59 Å². The Morgan fingerprint density at radius 1 is 0.672 bits per heavy atom. The van der Waals surface area contributed by atoms with E-state index in [9.17, 15) is 18.4 Å². The molecule has 0 atom stereocenters. The lowest BCUT2D eigenvalue weighted by molar-refractivity contribution is 0.0616. The van der Waals surface area contributed by atoms with Crippen molar-refractivity contribution in [2.75, 3.05) is 51.3 Å². The quantitative estimate of drug-likeness (QED) is 0.0633. The molecule has 0 fully saturated rings. The maximum absolute atomic E-state index is 14.3. The van der Waals surface area contributed by atoms with E-state index < -0.39 is 23.4 Å². The molecule has 0 aliphatic rings. The highest BCUT2D eigenvalue weighted by atomic mass is 35.5. The van der Waals surface area contributed by atoms with Gasteiger partial charge in [0.2, 0.25) is 11.6 Å². The van der Waals surface area contributed by atoms with E-state index in [1.165, 1.54) is 46.3 Å². The lowest BCUT2D eigenvalue weighted by Gasteiger charge is -2.10. The van der Waals surface area contributed by atoms with Crippen LogP contribution in [0.4, 0.5) is 20.2 Å². The summed E-state index contributed by atoms with van der Waals surface area (Å²) in [5.41, 5.74) is 3.12. The van der Waals surface area contributed by atoms with Crippen molar-refractivity contribution in [3.8, 4) is 0 Å². The number of aromatic nitrogens is 6. The second-order valence-corrected chi connectivity index (χ2v) is 13.3. The standard InChI is InChI=1S/C20H20ClFN4O3.C17H13Cl2FN4O.C3H8O2.2CH4/c1-28-7-8-29-12-15-9-16(21)18(22)17(10-15)24-20(27)19-23-13-26(25-19)11-14-5-3-2-4-6-14;18-8-12-6-13(19)15(20)14(7-12)22-17(25)16-21-10-24(23-16)9-11-4-2-1-3-5-11;1-5-3-2-4;;/h2-6,9-10,13H,7-8,11-12H2,1H3,(H,24,27);1-7,10H,8-9H2,(H,22,25);4H,2-3H2,1H3;2*1H4. The molecule has 0 bridgehead atoms. The van der Waals surface area contributed by atoms with Crippen LogP contribution < -0.4 is 10.6 Å². The molecule has 0 saturated heterocycles. The fraction of sp³-hybridized carbons (Fsp3) is 0.286. The van der Waals surface area contributed by atoms with Crippen molar-refractivity contribution in [2.45, 2.75) is 40.4 Å². The third-order valence-corrected chi connectivity index (χ3v) is 8.54. The summed E-state index contributed by atoms with van der Waals surface area (Å²) in [6, 6.07) is 25.0. The molecule has 0 saturated carbocycles. The van der Waals surface area contributed by atoms with E-state index in [1.807, 2.05) is 60.7 Å². The lowest BCUT2D eigenvalue weighted by Crippen LogP contribution is -2.16. The summed E-state index contributed by atoms with van der Waals surface area (Å²) in [5.74, 6) is -2.72. The molecule has 0 radical (unpaired) electrons. The van der Waals surface area contributed by atoms with Gasteiger partial charge in [0.1, 0.15) is 12.7 Å². The van der Waals surface area contributed by atoms with Crippen LogP contribution in [-0.4, -0.2) is 87.1 Å². The Labute approximate surface area is 368 Å². The number of rotatable bonds is 16. The maximum Gasteiger partial charge on any atom is 0.295 e. The minimum absolute atomic E-state index is 0. The molecule has 61 heavy (non-hydrogen) atoms. The average molecular weight is 906 g/mol. The van der Waals surface area contributed by atoms with E-state index >= 15 is 0 Å². The van der Waals surface area contributed by atoms with Crippen molar-refractivity contribution < 1.29 is 37.7 Å². The molecule has 0 spiro atoms. The van der Waals surface area contributed by atoms with Crippen LogP contribution in [-0.2, 0) is 39.8 Å². The molecule has 2 amide bonds. The van der Waals surface area contributed by atoms with Crippen LogP contribution in [0, 0.1) is 11.6 Å². The summed E-state index contributed by atoms with van der Waals surface area (Å²) in [6.07, 6.45) is 2.89. The van der Waals surface area contributed by atoms with Gasteiger partial charge in [0, 0.05) is 20.1 Å². The first-order chi connectivity index (χ1) is 28.5. The van der Waals surface area contributed by atoms with Gasteiger partial charge < -0.3 is 30.0 Å². The van der Waals surface area contributed by atoms with E-state index in [0.717, 1.165) is 11.1 Å². The summed E-state index contributed by atoms with van der Waals surface area (Å²) in [4.78, 5) is 32.7. The van der Waals surface area contributed by atoms with Gasteiger partial charge in [0.15, 0.2) is 11.6 Å². The number of hydrogen-bond donors (Lipinski definition) is 3. The zero-order valence-electron chi connectivity index (χ0n) is 32.0. The minimum atomic E-state index is -0.732. The van der Waals surface area contributed by atoms with Gasteiger partial charge in [-0.15, -0.1) is 21.8 Å². The van der Waals surface area contributed by atoms with Gasteiger partial charge in [-0.2, -0.15) is 0 Å². The van der Waals surface area contributed by atoms with Crippen LogP contribution >= 0.6 is 34.8 Å². The summed E-state index contributed by atoms with van der Waals surface area (Å²) < 4.78 is 46.2. The van der Waals surface area contributed by atoms with Crippen molar-refractivity contribution in [3.05, 3.63) is 153 Å². The van der Waals surface area contributed by atoms with Crippen LogP contribution in [0.25, 0.3) is 0 Å². The monoisotopic (exact) mass is 904 g/mol. The number of nitrogens with zero attached hydrogens (tertiary/aromatic N) is 6. The first-order valence-corrected chi connectivity index (χ1v) is 19.0. The van der Waals surface area contributed by atoms with Crippen molar-refractivity contribution in [3.63, 3.8) is 0 Å². The van der Waals surface area contributed by atoms with Gasteiger partial charge in [-0.05, 0) is 46.5 Å². The third kappa shape index (κ3) is 16.9. The zero-order chi connectivity index (χ0) is 42.6. The van der Waals surface area contributed by atoms with Crippen LogP contribution in [0.3, 0.4) is 0 Å². The van der Waals surface area contributed by atoms with Crippen molar-refractivity contribution in [2.24, 2.45) is 0 Å². The molecule has 0 aliphatic carbocycles. The molecule has 6 aromatic rings. The zero-order valence-corrected chi connectivity index (χ0v) is 34.2. The number of carbonyl (C=O) groups is 2. The Balaban J connectivity index is 0.000000370. The Bertz CT molecular complexity index is 2230. The second kappa shape index (κ2) is 27.5. The van der Waals surface area contributed by atoms with E-state index in [0.29, 0.717) is 44.0 Å². The number of nitrogens with one attached hydrogen (secondary N) is 2. The van der Waals surface area contributed by atoms with Gasteiger partial charge in [-0.1, -0.05) is 98.7 Å². The molecule has 6 rings (SSSR count). The number of aliphatic hydroxyl groups excluding tert-OH is 1. The van der Waals surface area contributed by atoms with Gasteiger partial charge in [-0.25, -0.2) is 28.1 Å². The predicted octanol–water partition coefficient (Wildman–Crippen LogP) is 8.54. The molecule has 0 aliphatic heterocycles. The molecule has 19 heteroatoms. The topological polar surface area (TPSA) is 168 Å². The van der Waals surface area contributed by atoms with E-state index in [-0.39, 0.29) is 67.0 Å². The largest absolute Gasteiger partial charge is 0.394 e. The summed E-state index contributed by atoms with van der Waals surface area (Å²) in [6.45, 7) is 2.54. The molecule has 0 unspecified atom stereocenters. The number of methoxy groups -OCH3 is 2. The molecule has 2 aromatic heterocycles. The SMILES string of the molecule is C.C.COCCO.COCCOCc1cc(Cl)c(F)c(NC(=O)c2ncn(Cc3ccccc3)n2)c1.O=C(Nc1cc(CCl)cc(Cl)c1F)c1ncn(Cc2ccccc2)n1. The normalized spacial score (nSPS) is 10.2. The number of hydrogen-bond acceptors (Lipinski definition) is 10. The van der Waals surface area contributed by atoms with Crippen LogP contribution in [0.5, 0.6) is 0 Å². The van der Waals surface area contributed by atoms with Crippen molar-refractivity contribution in [1.29, 1.82) is 0 Å². The summed E-state index contributed by atoms with van der Waals surface area (Å²) in [7, 11) is 3.12. The summed E-state index contributed by atoms with van der Waals surface area (Å²) in [5, 5.41) is 20.9. The molecular weight excluding hydrogens is 857 g/mol. The summed E-state index contributed by atoms with van der Waals surface area (Å²) >= 11 is 17.5. The highest BCUT2D eigenvalue weighted by Crippen LogP contribution is 2.27. The van der Waals surface area contributed by atoms with E-state index in [4.69, 9.17) is 49.4 Å². The molecule has 4 aromatic carbocycles. The molecule has 3 N–H and O–H groups in total. The number of amides is 2. The number of halogens is 5. The number of aliphatic hydroxyl groups is 1. The van der Waals surface area contributed by atoms with Crippen LogP contribution in [0.2, 0.25) is 10.0 Å². The minimum Gasteiger partial charge on any atom is -0.394 e. The Hall–Kier alpha value is -5.33. The van der Waals surface area contributed by atoms with Crippen molar-refractivity contribution in [1.82, 2.24) is 29.5 Å². The van der Waals surface area contributed by atoms with Gasteiger partial charge >= 0.3 is 0 Å². The number of ether oxygens (including phenoxy) is 3.